The lowest BCUT2D eigenvalue weighted by atomic mass is 10.3. The number of aromatic nitrogens is 2. The Morgan fingerprint density at radius 1 is 1.16 bits per heavy atom. The van der Waals surface area contributed by atoms with E-state index < -0.39 is 0 Å². The summed E-state index contributed by atoms with van der Waals surface area (Å²) < 4.78 is 0. The first-order valence-electron chi connectivity index (χ1n) is 5.29. The number of amides is 1. The van der Waals surface area contributed by atoms with Crippen molar-refractivity contribution in [3.8, 4) is 0 Å². The van der Waals surface area contributed by atoms with Crippen LogP contribution in [0.25, 0.3) is 0 Å². The second kappa shape index (κ2) is 6.75. The van der Waals surface area contributed by atoms with Crippen LogP contribution in [0.1, 0.15) is 0 Å². The third kappa shape index (κ3) is 4.70. The van der Waals surface area contributed by atoms with Crippen LogP contribution in [0.15, 0.2) is 41.8 Å². The molecule has 1 aromatic carbocycles. The molecule has 1 heterocycles. The molecule has 0 aliphatic heterocycles. The number of anilines is 1. The fraction of sp³-hybridized carbons (Fsp3) is 0.0833. The molecule has 0 aliphatic rings. The summed E-state index contributed by atoms with van der Waals surface area (Å²) in [5, 5.41) is 4.21. The SMILES string of the molecule is O=C(CSc1ncccn1)Nc1cc(Cl)cc(Cl)c1. The molecule has 1 amide bonds. The van der Waals surface area contributed by atoms with E-state index in [9.17, 15) is 4.79 Å². The van der Waals surface area contributed by atoms with Crippen molar-refractivity contribution in [2.45, 2.75) is 5.16 Å². The lowest BCUT2D eigenvalue weighted by Gasteiger charge is -2.05. The zero-order valence-corrected chi connectivity index (χ0v) is 12.0. The van der Waals surface area contributed by atoms with Gasteiger partial charge in [0.25, 0.3) is 0 Å². The van der Waals surface area contributed by atoms with Gasteiger partial charge in [-0.3, -0.25) is 4.79 Å². The predicted octanol–water partition coefficient (Wildman–Crippen LogP) is 3.51. The number of thioether (sulfide) groups is 1. The summed E-state index contributed by atoms with van der Waals surface area (Å²) in [4.78, 5) is 19.8. The maximum atomic E-state index is 11.7. The van der Waals surface area contributed by atoms with E-state index >= 15 is 0 Å². The molecule has 0 atom stereocenters. The van der Waals surface area contributed by atoms with Crippen LogP contribution in [-0.2, 0) is 4.79 Å². The maximum Gasteiger partial charge on any atom is 0.234 e. The Kier molecular flexibility index (Phi) is 5.01. The van der Waals surface area contributed by atoms with Crippen molar-refractivity contribution in [2.75, 3.05) is 11.1 Å². The van der Waals surface area contributed by atoms with Gasteiger partial charge in [-0.15, -0.1) is 0 Å². The van der Waals surface area contributed by atoms with Crippen molar-refractivity contribution in [3.05, 3.63) is 46.7 Å². The number of hydrogen-bond acceptors (Lipinski definition) is 4. The molecular weight excluding hydrogens is 305 g/mol. The standard InChI is InChI=1S/C12H9Cl2N3OS/c13-8-4-9(14)6-10(5-8)17-11(18)7-19-12-15-2-1-3-16-12/h1-6H,7H2,(H,17,18). The zero-order chi connectivity index (χ0) is 13.7. The van der Waals surface area contributed by atoms with Gasteiger partial charge in [0.2, 0.25) is 5.91 Å². The van der Waals surface area contributed by atoms with Gasteiger partial charge in [-0.1, -0.05) is 35.0 Å². The molecule has 0 aliphatic carbocycles. The van der Waals surface area contributed by atoms with E-state index in [-0.39, 0.29) is 11.7 Å². The molecule has 2 rings (SSSR count). The number of hydrogen-bond donors (Lipinski definition) is 1. The first-order chi connectivity index (χ1) is 9.13. The number of carbonyl (C=O) groups is 1. The average Bonchev–Trinajstić information content (AvgIpc) is 2.36. The highest BCUT2D eigenvalue weighted by molar-refractivity contribution is 7.99. The number of nitrogens with one attached hydrogen (secondary N) is 1. The van der Waals surface area contributed by atoms with Gasteiger partial charge in [-0.25, -0.2) is 9.97 Å². The van der Waals surface area contributed by atoms with Crippen LogP contribution in [-0.4, -0.2) is 21.6 Å². The van der Waals surface area contributed by atoms with Crippen molar-refractivity contribution >= 4 is 46.6 Å². The normalized spacial score (nSPS) is 10.2. The Balaban J connectivity index is 1.91. The van der Waals surface area contributed by atoms with Gasteiger partial charge in [0.05, 0.1) is 5.75 Å². The van der Waals surface area contributed by atoms with Crippen LogP contribution in [0, 0.1) is 0 Å². The summed E-state index contributed by atoms with van der Waals surface area (Å²) >= 11 is 12.9. The van der Waals surface area contributed by atoms with E-state index in [2.05, 4.69) is 15.3 Å². The molecule has 1 N–H and O–H groups in total. The summed E-state index contributed by atoms with van der Waals surface area (Å²) in [5.74, 6) is 0.0458. The van der Waals surface area contributed by atoms with Crippen LogP contribution in [0.2, 0.25) is 10.0 Å². The highest BCUT2D eigenvalue weighted by Gasteiger charge is 2.06. The monoisotopic (exact) mass is 313 g/mol. The van der Waals surface area contributed by atoms with Gasteiger partial charge in [0.1, 0.15) is 0 Å². The number of rotatable bonds is 4. The first-order valence-corrected chi connectivity index (χ1v) is 7.03. The summed E-state index contributed by atoms with van der Waals surface area (Å²) in [6.45, 7) is 0. The summed E-state index contributed by atoms with van der Waals surface area (Å²) in [6, 6.07) is 6.59. The molecule has 0 saturated heterocycles. The molecule has 4 nitrogen and oxygen atoms in total. The van der Waals surface area contributed by atoms with Gasteiger partial charge < -0.3 is 5.32 Å². The number of nitrogens with zero attached hydrogens (tertiary/aromatic N) is 2. The molecular formula is C12H9Cl2N3OS. The van der Waals surface area contributed by atoms with Crippen LogP contribution >= 0.6 is 35.0 Å². The van der Waals surface area contributed by atoms with E-state index in [1.807, 2.05) is 0 Å². The van der Waals surface area contributed by atoms with Crippen molar-refractivity contribution in [2.24, 2.45) is 0 Å². The fourth-order valence-corrected chi connectivity index (χ4v) is 2.44. The predicted molar refractivity (Wildman–Crippen MR) is 77.8 cm³/mol. The highest BCUT2D eigenvalue weighted by Crippen LogP contribution is 2.22. The minimum atomic E-state index is -0.171. The second-order valence-corrected chi connectivity index (χ2v) is 5.34. The lowest BCUT2D eigenvalue weighted by Crippen LogP contribution is -2.14. The van der Waals surface area contributed by atoms with E-state index in [0.717, 1.165) is 0 Å². The van der Waals surface area contributed by atoms with Crippen LogP contribution in [0.5, 0.6) is 0 Å². The Morgan fingerprint density at radius 2 is 1.79 bits per heavy atom. The Labute approximate surface area is 124 Å². The molecule has 0 spiro atoms. The molecule has 19 heavy (non-hydrogen) atoms. The lowest BCUT2D eigenvalue weighted by molar-refractivity contribution is -0.113. The number of carbonyl (C=O) groups excluding carboxylic acids is 1. The summed E-state index contributed by atoms with van der Waals surface area (Å²) in [5.41, 5.74) is 0.567. The minimum absolute atomic E-state index is 0.171. The molecule has 1 aromatic heterocycles. The molecule has 0 bridgehead atoms. The average molecular weight is 314 g/mol. The number of benzene rings is 1. The quantitative estimate of drug-likeness (QED) is 0.693. The van der Waals surface area contributed by atoms with Gasteiger partial charge in [0.15, 0.2) is 5.16 Å². The zero-order valence-electron chi connectivity index (χ0n) is 9.64. The summed E-state index contributed by atoms with van der Waals surface area (Å²) in [7, 11) is 0. The van der Waals surface area contributed by atoms with Crippen molar-refractivity contribution in [1.29, 1.82) is 0 Å². The molecule has 0 saturated carbocycles. The number of halogens is 2. The Hall–Kier alpha value is -1.30. The fourth-order valence-electron chi connectivity index (χ4n) is 1.31. The molecule has 2 aromatic rings. The van der Waals surface area contributed by atoms with Gasteiger partial charge in [-0.05, 0) is 24.3 Å². The Morgan fingerprint density at radius 3 is 2.42 bits per heavy atom. The largest absolute Gasteiger partial charge is 0.325 e. The van der Waals surface area contributed by atoms with Crippen molar-refractivity contribution < 1.29 is 4.79 Å². The highest BCUT2D eigenvalue weighted by atomic mass is 35.5. The van der Waals surface area contributed by atoms with Crippen molar-refractivity contribution in [1.82, 2.24) is 9.97 Å². The summed E-state index contributed by atoms with van der Waals surface area (Å²) in [6.07, 6.45) is 3.26. The third-order valence-corrected chi connectivity index (χ3v) is 3.33. The Bertz CT molecular complexity index is 560. The smallest absolute Gasteiger partial charge is 0.234 e. The van der Waals surface area contributed by atoms with E-state index in [1.165, 1.54) is 11.8 Å². The second-order valence-electron chi connectivity index (χ2n) is 3.53. The van der Waals surface area contributed by atoms with E-state index in [4.69, 9.17) is 23.2 Å². The minimum Gasteiger partial charge on any atom is -0.325 e. The van der Waals surface area contributed by atoms with Gasteiger partial charge in [0, 0.05) is 28.1 Å². The van der Waals surface area contributed by atoms with Crippen LogP contribution < -0.4 is 5.32 Å². The first kappa shape index (κ1) is 14.1. The molecule has 0 unspecified atom stereocenters. The topological polar surface area (TPSA) is 54.9 Å². The molecule has 0 fully saturated rings. The van der Waals surface area contributed by atoms with Gasteiger partial charge >= 0.3 is 0 Å². The molecule has 7 heteroatoms. The van der Waals surface area contributed by atoms with E-state index in [1.54, 1.807) is 36.7 Å². The van der Waals surface area contributed by atoms with Crippen molar-refractivity contribution in [3.63, 3.8) is 0 Å². The van der Waals surface area contributed by atoms with Crippen LogP contribution in [0.4, 0.5) is 5.69 Å². The van der Waals surface area contributed by atoms with Gasteiger partial charge in [-0.2, -0.15) is 0 Å². The van der Waals surface area contributed by atoms with E-state index in [0.29, 0.717) is 20.9 Å². The maximum absolute atomic E-state index is 11.7. The van der Waals surface area contributed by atoms with Crippen LogP contribution in [0.3, 0.4) is 0 Å². The third-order valence-electron chi connectivity index (χ3n) is 2.02. The molecule has 0 radical (unpaired) electrons. The molecule has 98 valence electrons.